The van der Waals surface area contributed by atoms with Gasteiger partial charge in [-0.15, -0.1) is 0 Å². The monoisotopic (exact) mass is 382 g/mol. The molecule has 2 heterocycles. The number of nitrogens with zero attached hydrogens (tertiary/aromatic N) is 3. The number of hydrogen-bond acceptors (Lipinski definition) is 4. The normalized spacial score (nSPS) is 11.8. The van der Waals surface area contributed by atoms with Crippen molar-refractivity contribution in [1.82, 2.24) is 19.9 Å². The van der Waals surface area contributed by atoms with E-state index in [2.05, 4.69) is 15.4 Å². The molecule has 0 radical (unpaired) electrons. The van der Waals surface area contributed by atoms with Gasteiger partial charge in [-0.05, 0) is 31.0 Å². The maximum Gasteiger partial charge on any atom is 0.433 e. The first-order valence-corrected chi connectivity index (χ1v) is 7.46. The minimum Gasteiger partial charge on any atom is -0.351 e. The van der Waals surface area contributed by atoms with Crippen LogP contribution in [0, 0.1) is 6.92 Å². The molecule has 6 nitrogen and oxygen atoms in total. The van der Waals surface area contributed by atoms with Gasteiger partial charge in [0.25, 0.3) is 5.91 Å². The number of amides is 1. The number of carbonyl (C=O) groups excluding carboxylic acids is 2. The quantitative estimate of drug-likeness (QED) is 0.636. The standard InChI is InChI=1S/C13H11Cl2F3N4O2/c1-6-5-7(13(16,17)18)22-11(20-6)9(15)10(21-22)12(24)19-4-2-3-8(14)23/h5H,2-4H2,1H3,(H,19,24). The summed E-state index contributed by atoms with van der Waals surface area (Å²) < 4.78 is 39.8. The van der Waals surface area contributed by atoms with Gasteiger partial charge >= 0.3 is 6.18 Å². The zero-order chi connectivity index (χ0) is 18.1. The molecule has 2 aromatic rings. The minimum absolute atomic E-state index is 0.0553. The van der Waals surface area contributed by atoms with Crippen LogP contribution in [0.2, 0.25) is 5.02 Å². The molecule has 2 aromatic heterocycles. The van der Waals surface area contributed by atoms with Gasteiger partial charge in [0.2, 0.25) is 5.24 Å². The topological polar surface area (TPSA) is 76.4 Å². The molecular weight excluding hydrogens is 372 g/mol. The fourth-order valence-electron chi connectivity index (χ4n) is 1.97. The lowest BCUT2D eigenvalue weighted by Crippen LogP contribution is -2.25. The van der Waals surface area contributed by atoms with Gasteiger partial charge in [-0.25, -0.2) is 9.50 Å². The molecule has 0 atom stereocenters. The third-order valence-electron chi connectivity index (χ3n) is 3.00. The molecule has 0 fully saturated rings. The summed E-state index contributed by atoms with van der Waals surface area (Å²) in [4.78, 5) is 26.5. The minimum atomic E-state index is -4.68. The van der Waals surface area contributed by atoms with Crippen molar-refractivity contribution in [2.24, 2.45) is 0 Å². The lowest BCUT2D eigenvalue weighted by Gasteiger charge is -2.09. The molecule has 0 bridgehead atoms. The lowest BCUT2D eigenvalue weighted by atomic mass is 10.3. The third-order valence-corrected chi connectivity index (χ3v) is 3.54. The van der Waals surface area contributed by atoms with Crippen LogP contribution < -0.4 is 5.32 Å². The Hall–Kier alpha value is -1.87. The van der Waals surface area contributed by atoms with Crippen LogP contribution in [0.25, 0.3) is 5.65 Å². The molecule has 0 aliphatic heterocycles. The molecule has 130 valence electrons. The molecule has 1 N–H and O–H groups in total. The molecule has 0 unspecified atom stereocenters. The van der Waals surface area contributed by atoms with E-state index in [0.29, 0.717) is 4.52 Å². The van der Waals surface area contributed by atoms with Crippen LogP contribution in [0.15, 0.2) is 6.07 Å². The van der Waals surface area contributed by atoms with E-state index in [1.165, 1.54) is 6.92 Å². The molecule has 11 heteroatoms. The van der Waals surface area contributed by atoms with Crippen LogP contribution in [-0.2, 0) is 11.0 Å². The zero-order valence-electron chi connectivity index (χ0n) is 12.2. The molecule has 0 aromatic carbocycles. The summed E-state index contributed by atoms with van der Waals surface area (Å²) >= 11 is 11.1. The summed E-state index contributed by atoms with van der Waals surface area (Å²) in [5, 5.41) is 5.21. The van der Waals surface area contributed by atoms with Gasteiger partial charge in [0.15, 0.2) is 11.3 Å². The first-order chi connectivity index (χ1) is 11.1. The summed E-state index contributed by atoms with van der Waals surface area (Å²) in [5.41, 5.74) is -1.63. The van der Waals surface area contributed by atoms with Crippen LogP contribution in [-0.4, -0.2) is 32.3 Å². The number of hydrogen-bond donors (Lipinski definition) is 1. The van der Waals surface area contributed by atoms with Gasteiger partial charge in [-0.3, -0.25) is 9.59 Å². The van der Waals surface area contributed by atoms with E-state index in [4.69, 9.17) is 23.2 Å². The summed E-state index contributed by atoms with van der Waals surface area (Å²) in [6.07, 6.45) is -4.35. The Morgan fingerprint density at radius 1 is 1.38 bits per heavy atom. The van der Waals surface area contributed by atoms with Crippen molar-refractivity contribution in [3.63, 3.8) is 0 Å². The van der Waals surface area contributed by atoms with Crippen LogP contribution in [0.5, 0.6) is 0 Å². The van der Waals surface area contributed by atoms with Crippen LogP contribution >= 0.6 is 23.2 Å². The fourth-order valence-corrected chi connectivity index (χ4v) is 2.35. The van der Waals surface area contributed by atoms with E-state index in [9.17, 15) is 22.8 Å². The van der Waals surface area contributed by atoms with E-state index in [0.717, 1.165) is 6.07 Å². The van der Waals surface area contributed by atoms with E-state index in [1.54, 1.807) is 0 Å². The summed E-state index contributed by atoms with van der Waals surface area (Å²) in [6, 6.07) is 0.810. The number of rotatable bonds is 5. The van der Waals surface area contributed by atoms with Gasteiger partial charge in [0.1, 0.15) is 10.7 Å². The lowest BCUT2D eigenvalue weighted by molar-refractivity contribution is -0.142. The molecule has 1 amide bonds. The van der Waals surface area contributed by atoms with E-state index in [1.807, 2.05) is 0 Å². The van der Waals surface area contributed by atoms with Gasteiger partial charge in [-0.2, -0.15) is 18.3 Å². The molecule has 0 aliphatic carbocycles. The highest BCUT2D eigenvalue weighted by molar-refractivity contribution is 6.63. The molecule has 2 rings (SSSR count). The third kappa shape index (κ3) is 3.96. The number of aromatic nitrogens is 3. The maximum absolute atomic E-state index is 13.1. The highest BCUT2D eigenvalue weighted by Crippen LogP contribution is 2.32. The van der Waals surface area contributed by atoms with Gasteiger partial charge in [-0.1, -0.05) is 11.6 Å². The Morgan fingerprint density at radius 2 is 2.04 bits per heavy atom. The molecule has 0 aliphatic rings. The van der Waals surface area contributed by atoms with Crippen molar-refractivity contribution in [2.45, 2.75) is 25.9 Å². The predicted octanol–water partition coefficient (Wildman–Crippen LogP) is 2.99. The second-order valence-corrected chi connectivity index (χ2v) is 5.69. The number of nitrogens with one attached hydrogen (secondary N) is 1. The van der Waals surface area contributed by atoms with Crippen LogP contribution in [0.4, 0.5) is 13.2 Å². The van der Waals surface area contributed by atoms with Crippen LogP contribution in [0.3, 0.4) is 0 Å². The van der Waals surface area contributed by atoms with Crippen molar-refractivity contribution in [3.8, 4) is 0 Å². The largest absolute Gasteiger partial charge is 0.433 e. The SMILES string of the molecule is Cc1cc(C(F)(F)F)n2nc(C(=O)NCCCC(=O)Cl)c(Cl)c2n1. The first kappa shape index (κ1) is 18.5. The number of fused-ring (bicyclic) bond motifs is 1. The van der Waals surface area contributed by atoms with E-state index in [-0.39, 0.29) is 41.4 Å². The van der Waals surface area contributed by atoms with Crippen LogP contribution in [0.1, 0.15) is 34.7 Å². The van der Waals surface area contributed by atoms with Gasteiger partial charge in [0.05, 0.1) is 0 Å². The molecule has 0 saturated carbocycles. The van der Waals surface area contributed by atoms with Crippen molar-refractivity contribution in [3.05, 3.63) is 28.2 Å². The Labute approximate surface area is 143 Å². The number of aryl methyl sites for hydroxylation is 1. The van der Waals surface area contributed by atoms with Gasteiger partial charge in [0, 0.05) is 18.7 Å². The molecule has 24 heavy (non-hydrogen) atoms. The summed E-state index contributed by atoms with van der Waals surface area (Å²) in [7, 11) is 0. The average molecular weight is 383 g/mol. The Morgan fingerprint density at radius 3 is 2.62 bits per heavy atom. The number of carbonyl (C=O) groups is 2. The molecular formula is C13H11Cl2F3N4O2. The summed E-state index contributed by atoms with van der Waals surface area (Å²) in [6.45, 7) is 1.47. The van der Waals surface area contributed by atoms with Crippen molar-refractivity contribution in [1.29, 1.82) is 0 Å². The predicted molar refractivity (Wildman–Crippen MR) is 80.2 cm³/mol. The van der Waals surface area contributed by atoms with Crippen molar-refractivity contribution >= 4 is 40.0 Å². The Bertz CT molecular complexity index is 805. The Balaban J connectivity index is 2.34. The highest BCUT2D eigenvalue weighted by atomic mass is 35.5. The number of alkyl halides is 3. The van der Waals surface area contributed by atoms with Crippen molar-refractivity contribution < 1.29 is 22.8 Å². The van der Waals surface area contributed by atoms with E-state index >= 15 is 0 Å². The zero-order valence-corrected chi connectivity index (χ0v) is 13.8. The number of halogens is 5. The maximum atomic E-state index is 13.1. The smallest absolute Gasteiger partial charge is 0.351 e. The second kappa shape index (κ2) is 6.94. The van der Waals surface area contributed by atoms with Gasteiger partial charge < -0.3 is 5.32 Å². The summed E-state index contributed by atoms with van der Waals surface area (Å²) in [5.74, 6) is -0.765. The van der Waals surface area contributed by atoms with Crippen molar-refractivity contribution in [2.75, 3.05) is 6.54 Å². The first-order valence-electron chi connectivity index (χ1n) is 6.71. The second-order valence-electron chi connectivity index (χ2n) is 4.89. The van der Waals surface area contributed by atoms with E-state index < -0.39 is 23.0 Å². The fraction of sp³-hybridized carbons (Fsp3) is 0.385. The molecule has 0 saturated heterocycles. The highest BCUT2D eigenvalue weighted by Gasteiger charge is 2.36. The Kier molecular flexibility index (Phi) is 5.34. The average Bonchev–Trinajstić information content (AvgIpc) is 2.79. The molecule has 0 spiro atoms.